The van der Waals surface area contributed by atoms with Gasteiger partial charge in [-0.15, -0.1) is 0 Å². The first kappa shape index (κ1) is 25.8. The molecule has 1 aromatic rings. The van der Waals surface area contributed by atoms with Crippen LogP contribution in [0.3, 0.4) is 0 Å². The topological polar surface area (TPSA) is 204 Å². The number of esters is 1. The fourth-order valence-corrected chi connectivity index (χ4v) is 3.87. The molecule has 1 aliphatic rings. The van der Waals surface area contributed by atoms with Crippen molar-refractivity contribution in [2.24, 2.45) is 11.0 Å². The van der Waals surface area contributed by atoms with Crippen LogP contribution < -0.4 is 16.5 Å². The van der Waals surface area contributed by atoms with Crippen LogP contribution >= 0.6 is 8.18 Å². The number of nitrogens with one attached hydrogen (secondary N) is 1. The summed E-state index contributed by atoms with van der Waals surface area (Å²) in [7, 11) is -2.92. The first-order chi connectivity index (χ1) is 15.0. The molecule has 2 rings (SSSR count). The molecule has 14 nitrogen and oxygen atoms in total. The van der Waals surface area contributed by atoms with E-state index in [2.05, 4.69) is 20.1 Å². The molecule has 0 aliphatic carbocycles. The number of aliphatic hydroxyl groups is 1. The summed E-state index contributed by atoms with van der Waals surface area (Å²) in [5.41, 5.74) is 12.1. The van der Waals surface area contributed by atoms with Crippen molar-refractivity contribution < 1.29 is 28.5 Å². The number of hydrogen-bond acceptors (Lipinski definition) is 10. The molecule has 4 N–H and O–H groups in total. The molecule has 1 saturated heterocycles. The molecule has 1 aliphatic heterocycles. The van der Waals surface area contributed by atoms with Gasteiger partial charge in [-0.2, -0.15) is 4.98 Å². The maximum absolute atomic E-state index is 12.2. The van der Waals surface area contributed by atoms with Crippen LogP contribution in [0.15, 0.2) is 22.2 Å². The van der Waals surface area contributed by atoms with Crippen LogP contribution in [0, 0.1) is 5.92 Å². The molecule has 0 spiro atoms. The highest BCUT2D eigenvalue weighted by Gasteiger charge is 2.54. The number of carbonyl (C=O) groups excluding carboxylic acids is 1. The van der Waals surface area contributed by atoms with E-state index in [1.54, 1.807) is 0 Å². The zero-order valence-corrected chi connectivity index (χ0v) is 19.2. The van der Waals surface area contributed by atoms with Gasteiger partial charge < -0.3 is 24.8 Å². The van der Waals surface area contributed by atoms with Gasteiger partial charge in [-0.25, -0.2) is 9.88 Å². The highest BCUT2D eigenvalue weighted by Crippen LogP contribution is 2.41. The number of ether oxygens (including phenoxy) is 2. The van der Waals surface area contributed by atoms with Crippen molar-refractivity contribution in [2.45, 2.75) is 57.7 Å². The van der Waals surface area contributed by atoms with Gasteiger partial charge in [0.05, 0.1) is 19.3 Å². The molecule has 0 saturated carbocycles. The molecule has 2 heterocycles. The van der Waals surface area contributed by atoms with Crippen LogP contribution in [0.4, 0.5) is 5.82 Å². The lowest BCUT2D eigenvalue weighted by atomic mass is 9.93. The van der Waals surface area contributed by atoms with E-state index in [1.165, 1.54) is 26.1 Å². The summed E-state index contributed by atoms with van der Waals surface area (Å²) in [5, 5.41) is 16.8. The van der Waals surface area contributed by atoms with E-state index >= 15 is 0 Å². The van der Waals surface area contributed by atoms with Gasteiger partial charge in [-0.05, 0) is 31.4 Å². The highest BCUT2D eigenvalue weighted by molar-refractivity contribution is 7.36. The van der Waals surface area contributed by atoms with E-state index < -0.39 is 49.9 Å². The third-order valence-corrected chi connectivity index (χ3v) is 5.84. The molecule has 0 aromatic carbocycles. The average molecular weight is 473 g/mol. The molecule has 6 atom stereocenters. The predicted molar refractivity (Wildman–Crippen MR) is 114 cm³/mol. The third kappa shape index (κ3) is 6.06. The summed E-state index contributed by atoms with van der Waals surface area (Å²) in [5.74, 6) is -0.438. The minimum atomic E-state index is -2.92. The number of nitrogens with two attached hydrogens (primary N) is 1. The fourth-order valence-electron chi connectivity index (χ4n) is 3.00. The predicted octanol–water partition coefficient (Wildman–Crippen LogP) is 0.736. The van der Waals surface area contributed by atoms with E-state index in [9.17, 15) is 19.3 Å². The summed E-state index contributed by atoms with van der Waals surface area (Å²) in [4.78, 5) is 30.5. The van der Waals surface area contributed by atoms with Crippen molar-refractivity contribution in [1.82, 2.24) is 14.6 Å². The standard InChI is InChI=1S/C17H28N7O7P/c1-9(2)7-29-14(26)10(3)21-32(28)30-8-11-13(25)17(4,22-23-19)15(31-11)24-6-5-12(18)20-16(24)27/h5-6,9-11,13,15,25,32H,7-8H2,1-4H3,(H,21,28)(H2,18,20,27)/t10-,11+,13+,15+,17+/m0/s1. The lowest BCUT2D eigenvalue weighted by Crippen LogP contribution is -2.44. The SMILES string of the molecule is CC(C)COC(=O)[C@H](C)N[PH](=O)OC[C@H]1O[C@@H](n2ccc(N)nc2=O)[C@](C)(N=[N+]=[N-])[C@@H]1O. The molecule has 1 unspecified atom stereocenters. The second kappa shape index (κ2) is 10.9. The monoisotopic (exact) mass is 473 g/mol. The summed E-state index contributed by atoms with van der Waals surface area (Å²) in [6, 6.07) is 0.468. The highest BCUT2D eigenvalue weighted by atomic mass is 31.1. The first-order valence-corrected chi connectivity index (χ1v) is 11.2. The molecule has 0 amide bonds. The van der Waals surface area contributed by atoms with Crippen LogP contribution in [0.5, 0.6) is 0 Å². The Morgan fingerprint density at radius 2 is 2.25 bits per heavy atom. The summed E-state index contributed by atoms with van der Waals surface area (Å²) in [6.07, 6.45) is -2.43. The van der Waals surface area contributed by atoms with Gasteiger partial charge in [0.2, 0.25) is 0 Å². The smallest absolute Gasteiger partial charge is 0.351 e. The molecular weight excluding hydrogens is 445 g/mol. The molecule has 1 fully saturated rings. The van der Waals surface area contributed by atoms with Gasteiger partial charge in [0.15, 0.2) is 6.23 Å². The number of anilines is 1. The quantitative estimate of drug-likeness (QED) is 0.143. The molecule has 15 heteroatoms. The Labute approximate surface area is 184 Å². The molecule has 32 heavy (non-hydrogen) atoms. The number of rotatable bonds is 10. The lowest BCUT2D eigenvalue weighted by molar-refractivity contribution is -0.146. The largest absolute Gasteiger partial charge is 0.464 e. The van der Waals surface area contributed by atoms with Gasteiger partial charge in [0, 0.05) is 11.1 Å². The summed E-state index contributed by atoms with van der Waals surface area (Å²) in [6.45, 7) is 6.51. The maximum Gasteiger partial charge on any atom is 0.351 e. The zero-order valence-electron chi connectivity index (χ0n) is 18.2. The van der Waals surface area contributed by atoms with E-state index in [1.807, 2.05) is 13.8 Å². The normalized spacial score (nSPS) is 27.0. The van der Waals surface area contributed by atoms with Gasteiger partial charge in [-0.1, -0.05) is 19.0 Å². The minimum absolute atomic E-state index is 0.0131. The van der Waals surface area contributed by atoms with Gasteiger partial charge >= 0.3 is 11.7 Å². The Bertz CT molecular complexity index is 951. The fraction of sp³-hybridized carbons (Fsp3) is 0.706. The number of azide groups is 1. The van der Waals surface area contributed by atoms with E-state index in [-0.39, 0.29) is 24.9 Å². The summed E-state index contributed by atoms with van der Waals surface area (Å²) >= 11 is 0. The molecule has 1 aromatic heterocycles. The Balaban J connectivity index is 2.06. The van der Waals surface area contributed by atoms with Crippen LogP contribution in [-0.4, -0.2) is 57.6 Å². The van der Waals surface area contributed by atoms with Crippen molar-refractivity contribution in [1.29, 1.82) is 0 Å². The zero-order chi connectivity index (χ0) is 24.1. The van der Waals surface area contributed by atoms with Crippen molar-refractivity contribution in [2.75, 3.05) is 18.9 Å². The van der Waals surface area contributed by atoms with Crippen molar-refractivity contribution in [3.63, 3.8) is 0 Å². The number of aromatic nitrogens is 2. The first-order valence-electron chi connectivity index (χ1n) is 9.84. The Hall–Kier alpha value is -2.47. The van der Waals surface area contributed by atoms with Crippen LogP contribution in [0.25, 0.3) is 10.4 Å². The molecule has 178 valence electrons. The average Bonchev–Trinajstić information content (AvgIpc) is 2.95. The number of aliphatic hydroxyl groups excluding tert-OH is 1. The molecule has 0 bridgehead atoms. The molecular formula is C17H28N7O7P. The van der Waals surface area contributed by atoms with Crippen molar-refractivity contribution >= 4 is 20.0 Å². The van der Waals surface area contributed by atoms with Gasteiger partial charge in [0.1, 0.15) is 23.5 Å². The number of nitrogens with zero attached hydrogens (tertiary/aromatic N) is 5. The number of carbonyl (C=O) groups is 1. The molecule has 0 radical (unpaired) electrons. The van der Waals surface area contributed by atoms with Gasteiger partial charge in [-0.3, -0.25) is 13.9 Å². The second-order valence-corrected chi connectivity index (χ2v) is 9.07. The van der Waals surface area contributed by atoms with Crippen LogP contribution in [0.2, 0.25) is 0 Å². The second-order valence-electron chi connectivity index (χ2n) is 7.92. The minimum Gasteiger partial charge on any atom is -0.464 e. The van der Waals surface area contributed by atoms with Crippen LogP contribution in [0.1, 0.15) is 33.9 Å². The van der Waals surface area contributed by atoms with Crippen molar-refractivity contribution in [3.8, 4) is 0 Å². The lowest BCUT2D eigenvalue weighted by Gasteiger charge is -2.28. The third-order valence-electron chi connectivity index (χ3n) is 4.74. The van der Waals surface area contributed by atoms with E-state index in [0.717, 1.165) is 4.57 Å². The van der Waals surface area contributed by atoms with E-state index in [4.69, 9.17) is 25.3 Å². The van der Waals surface area contributed by atoms with E-state index in [0.29, 0.717) is 0 Å². The van der Waals surface area contributed by atoms with Gasteiger partial charge in [0.25, 0.3) is 8.18 Å². The number of nitrogen functional groups attached to an aromatic ring is 1. The maximum atomic E-state index is 12.2. The number of hydrogen-bond donors (Lipinski definition) is 3. The Morgan fingerprint density at radius 1 is 1.56 bits per heavy atom. The Morgan fingerprint density at radius 3 is 2.84 bits per heavy atom. The summed E-state index contributed by atoms with van der Waals surface area (Å²) < 4.78 is 29.3. The van der Waals surface area contributed by atoms with Crippen molar-refractivity contribution in [3.05, 3.63) is 33.2 Å². The Kier molecular flexibility index (Phi) is 8.79. The van der Waals surface area contributed by atoms with Crippen LogP contribution in [-0.2, 0) is 23.4 Å².